The third kappa shape index (κ3) is 3.96. The molecule has 0 saturated carbocycles. The zero-order chi connectivity index (χ0) is 14.4. The van der Waals surface area contributed by atoms with Gasteiger partial charge >= 0.3 is 5.97 Å². The highest BCUT2D eigenvalue weighted by Gasteiger charge is 2.20. The Morgan fingerprint density at radius 1 is 1.47 bits per heavy atom. The highest BCUT2D eigenvalue weighted by atomic mass is 16.4. The third-order valence-electron chi connectivity index (χ3n) is 3.23. The lowest BCUT2D eigenvalue weighted by molar-refractivity contribution is 0.0697. The van der Waals surface area contributed by atoms with Gasteiger partial charge in [-0.05, 0) is 25.7 Å². The van der Waals surface area contributed by atoms with Crippen LogP contribution in [0.2, 0.25) is 0 Å². The number of carboxylic acids is 1. The van der Waals surface area contributed by atoms with E-state index in [2.05, 4.69) is 17.3 Å². The van der Waals surface area contributed by atoms with Gasteiger partial charge in [0.15, 0.2) is 0 Å². The van der Waals surface area contributed by atoms with E-state index >= 15 is 0 Å². The number of rotatable bonds is 8. The van der Waals surface area contributed by atoms with Gasteiger partial charge in [0.25, 0.3) is 0 Å². The fourth-order valence-corrected chi connectivity index (χ4v) is 2.30. The smallest absolute Gasteiger partial charge is 0.341 e. The van der Waals surface area contributed by atoms with E-state index in [0.29, 0.717) is 24.0 Å². The molecule has 0 aromatic carbocycles. The van der Waals surface area contributed by atoms with Crippen molar-refractivity contribution in [1.82, 2.24) is 9.78 Å². The van der Waals surface area contributed by atoms with Crippen molar-refractivity contribution in [2.45, 2.75) is 33.1 Å². The van der Waals surface area contributed by atoms with Crippen molar-refractivity contribution in [2.75, 3.05) is 18.5 Å². The highest BCUT2D eigenvalue weighted by Crippen LogP contribution is 2.20. The molecule has 1 rings (SSSR count). The Balaban J connectivity index is 2.78. The van der Waals surface area contributed by atoms with E-state index in [1.807, 2.05) is 0 Å². The predicted molar refractivity (Wildman–Crippen MR) is 73.5 cm³/mol. The monoisotopic (exact) mass is 269 g/mol. The van der Waals surface area contributed by atoms with Crippen molar-refractivity contribution < 1.29 is 15.0 Å². The van der Waals surface area contributed by atoms with Crippen LogP contribution in [-0.4, -0.2) is 39.1 Å². The number of aryl methyl sites for hydroxylation is 2. The molecule has 1 aromatic rings. The van der Waals surface area contributed by atoms with Crippen LogP contribution >= 0.6 is 0 Å². The second kappa shape index (κ2) is 7.13. The fourth-order valence-electron chi connectivity index (χ4n) is 2.30. The number of aromatic carboxylic acids is 1. The van der Waals surface area contributed by atoms with Gasteiger partial charge in [-0.2, -0.15) is 5.10 Å². The van der Waals surface area contributed by atoms with Crippen LogP contribution in [0.1, 0.15) is 42.2 Å². The zero-order valence-electron chi connectivity index (χ0n) is 11.8. The van der Waals surface area contributed by atoms with Crippen molar-refractivity contribution in [3.8, 4) is 0 Å². The number of aromatic nitrogens is 2. The maximum Gasteiger partial charge on any atom is 0.341 e. The molecule has 1 aromatic heterocycles. The van der Waals surface area contributed by atoms with Crippen LogP contribution in [0.3, 0.4) is 0 Å². The van der Waals surface area contributed by atoms with E-state index < -0.39 is 5.97 Å². The Kier molecular flexibility index (Phi) is 5.82. The van der Waals surface area contributed by atoms with Gasteiger partial charge in [0.05, 0.1) is 5.69 Å². The molecule has 6 heteroatoms. The molecule has 0 radical (unpaired) electrons. The second-order valence-corrected chi connectivity index (χ2v) is 4.79. The van der Waals surface area contributed by atoms with Crippen LogP contribution in [0.4, 0.5) is 5.82 Å². The van der Waals surface area contributed by atoms with Crippen LogP contribution < -0.4 is 5.32 Å². The van der Waals surface area contributed by atoms with Gasteiger partial charge in [0.1, 0.15) is 11.4 Å². The van der Waals surface area contributed by atoms with E-state index in [1.54, 1.807) is 18.7 Å². The molecular formula is C13H23N3O3. The number of nitrogens with zero attached hydrogens (tertiary/aromatic N) is 2. The summed E-state index contributed by atoms with van der Waals surface area (Å²) in [5.74, 6) is -0.0989. The molecule has 1 heterocycles. The first-order chi connectivity index (χ1) is 9.01. The minimum atomic E-state index is -0.970. The summed E-state index contributed by atoms with van der Waals surface area (Å²) in [5, 5.41) is 25.5. The van der Waals surface area contributed by atoms with E-state index in [0.717, 1.165) is 19.3 Å². The topological polar surface area (TPSA) is 87.4 Å². The van der Waals surface area contributed by atoms with Crippen molar-refractivity contribution in [3.63, 3.8) is 0 Å². The standard InChI is InChI=1S/C13H23N3O3/c1-4-5-10(6-7-17)8-14-12-11(13(18)19)9(2)15-16(12)3/h10,14,17H,4-8H2,1-3H3,(H,18,19). The lowest BCUT2D eigenvalue weighted by Gasteiger charge is -2.17. The van der Waals surface area contributed by atoms with Gasteiger partial charge in [0.2, 0.25) is 0 Å². The first-order valence-corrected chi connectivity index (χ1v) is 6.62. The number of carbonyl (C=O) groups is 1. The number of hydrogen-bond donors (Lipinski definition) is 3. The molecule has 0 bridgehead atoms. The van der Waals surface area contributed by atoms with Gasteiger partial charge in [0, 0.05) is 20.2 Å². The molecule has 0 spiro atoms. The summed E-state index contributed by atoms with van der Waals surface area (Å²) in [6.07, 6.45) is 2.77. The van der Waals surface area contributed by atoms with Gasteiger partial charge < -0.3 is 15.5 Å². The minimum absolute atomic E-state index is 0.155. The summed E-state index contributed by atoms with van der Waals surface area (Å²) >= 11 is 0. The van der Waals surface area contributed by atoms with Crippen molar-refractivity contribution >= 4 is 11.8 Å². The van der Waals surface area contributed by atoms with Crippen LogP contribution in [0, 0.1) is 12.8 Å². The molecule has 6 nitrogen and oxygen atoms in total. The van der Waals surface area contributed by atoms with Crippen LogP contribution in [0.5, 0.6) is 0 Å². The normalized spacial score (nSPS) is 12.4. The van der Waals surface area contributed by atoms with Crippen molar-refractivity contribution in [3.05, 3.63) is 11.3 Å². The van der Waals surface area contributed by atoms with E-state index in [9.17, 15) is 9.90 Å². The maximum absolute atomic E-state index is 11.2. The molecule has 0 fully saturated rings. The Bertz CT molecular complexity index is 423. The van der Waals surface area contributed by atoms with Gasteiger partial charge in [-0.1, -0.05) is 13.3 Å². The Hall–Kier alpha value is -1.56. The third-order valence-corrected chi connectivity index (χ3v) is 3.23. The first-order valence-electron chi connectivity index (χ1n) is 6.62. The summed E-state index contributed by atoms with van der Waals surface area (Å²) < 4.78 is 1.56. The predicted octanol–water partition coefficient (Wildman–Crippen LogP) is 1.64. The average Bonchev–Trinajstić information content (AvgIpc) is 2.61. The maximum atomic E-state index is 11.2. The number of hydrogen-bond acceptors (Lipinski definition) is 4. The molecular weight excluding hydrogens is 246 g/mol. The van der Waals surface area contributed by atoms with Crippen LogP contribution in [-0.2, 0) is 7.05 Å². The van der Waals surface area contributed by atoms with Crippen LogP contribution in [0.25, 0.3) is 0 Å². The van der Waals surface area contributed by atoms with E-state index in [1.165, 1.54) is 0 Å². The molecule has 3 N–H and O–H groups in total. The molecule has 0 aliphatic rings. The molecule has 0 aliphatic carbocycles. The zero-order valence-corrected chi connectivity index (χ0v) is 11.8. The summed E-state index contributed by atoms with van der Waals surface area (Å²) in [7, 11) is 1.72. The summed E-state index contributed by atoms with van der Waals surface area (Å²) in [6, 6.07) is 0. The number of aliphatic hydroxyl groups is 1. The molecule has 19 heavy (non-hydrogen) atoms. The molecule has 1 atom stereocenters. The number of aliphatic hydroxyl groups excluding tert-OH is 1. The minimum Gasteiger partial charge on any atom is -0.477 e. The van der Waals surface area contributed by atoms with Gasteiger partial charge in [-0.25, -0.2) is 4.79 Å². The Morgan fingerprint density at radius 2 is 2.16 bits per heavy atom. The average molecular weight is 269 g/mol. The van der Waals surface area contributed by atoms with Crippen molar-refractivity contribution in [1.29, 1.82) is 0 Å². The molecule has 0 aliphatic heterocycles. The van der Waals surface area contributed by atoms with E-state index in [4.69, 9.17) is 5.11 Å². The SMILES string of the molecule is CCCC(CCO)CNc1c(C(=O)O)c(C)nn1C. The summed E-state index contributed by atoms with van der Waals surface area (Å²) in [5.41, 5.74) is 0.730. The Labute approximate surface area is 113 Å². The number of anilines is 1. The highest BCUT2D eigenvalue weighted by molar-refractivity contribution is 5.94. The quantitative estimate of drug-likeness (QED) is 0.667. The van der Waals surface area contributed by atoms with Gasteiger partial charge in [-0.15, -0.1) is 0 Å². The van der Waals surface area contributed by atoms with Gasteiger partial charge in [-0.3, -0.25) is 4.68 Å². The molecule has 108 valence electrons. The van der Waals surface area contributed by atoms with Crippen molar-refractivity contribution in [2.24, 2.45) is 13.0 Å². The molecule has 0 amide bonds. The lowest BCUT2D eigenvalue weighted by Crippen LogP contribution is -2.18. The molecule has 1 unspecified atom stereocenters. The lowest BCUT2D eigenvalue weighted by atomic mass is 10.0. The summed E-state index contributed by atoms with van der Waals surface area (Å²) in [6.45, 7) is 4.59. The number of nitrogens with one attached hydrogen (secondary N) is 1. The summed E-state index contributed by atoms with van der Waals surface area (Å²) in [4.78, 5) is 11.2. The number of carboxylic acid groups (broad SMARTS) is 1. The fraction of sp³-hybridized carbons (Fsp3) is 0.692. The van der Waals surface area contributed by atoms with Crippen LogP contribution in [0.15, 0.2) is 0 Å². The molecule has 0 saturated heterocycles. The largest absolute Gasteiger partial charge is 0.477 e. The van der Waals surface area contributed by atoms with E-state index in [-0.39, 0.29) is 12.2 Å². The first kappa shape index (κ1) is 15.5. The second-order valence-electron chi connectivity index (χ2n) is 4.79. The Morgan fingerprint density at radius 3 is 2.68 bits per heavy atom.